The summed E-state index contributed by atoms with van der Waals surface area (Å²) in [4.78, 5) is 21.4. The van der Waals surface area contributed by atoms with Crippen LogP contribution in [-0.4, -0.2) is 35.4 Å². The normalized spacial score (nSPS) is 16.5. The maximum atomic E-state index is 13.1. The number of hydrogen-bond acceptors (Lipinski definition) is 3. The molecular formula is C23H19BrCl3N3O. The first-order chi connectivity index (χ1) is 14.9. The number of pyridine rings is 1. The molecule has 31 heavy (non-hydrogen) atoms. The van der Waals surface area contributed by atoms with Gasteiger partial charge in [-0.1, -0.05) is 46.9 Å². The van der Waals surface area contributed by atoms with E-state index in [1.54, 1.807) is 18.5 Å². The third kappa shape index (κ3) is 5.35. The zero-order valence-electron chi connectivity index (χ0n) is 16.4. The molecule has 4 rings (SSSR count). The summed E-state index contributed by atoms with van der Waals surface area (Å²) < 4.78 is 0.860. The first kappa shape index (κ1) is 22.4. The summed E-state index contributed by atoms with van der Waals surface area (Å²) in [6.45, 7) is 1.79. The van der Waals surface area contributed by atoms with Crippen LogP contribution >= 0.6 is 50.7 Å². The first-order valence-electron chi connectivity index (χ1n) is 9.75. The van der Waals surface area contributed by atoms with Crippen LogP contribution in [0.4, 0.5) is 5.69 Å². The summed E-state index contributed by atoms with van der Waals surface area (Å²) in [6, 6.07) is 15.1. The van der Waals surface area contributed by atoms with Crippen molar-refractivity contribution >= 4 is 62.3 Å². The number of benzene rings is 2. The number of carbonyl (C=O) groups is 1. The van der Waals surface area contributed by atoms with Crippen molar-refractivity contribution in [2.75, 3.05) is 24.5 Å². The van der Waals surface area contributed by atoms with Gasteiger partial charge < -0.3 is 9.80 Å². The maximum absolute atomic E-state index is 13.1. The SMILES string of the molecule is O=C(Cc1cncc(Br)c1)N1CCN(c2ccc(Cl)cc2Cl)C(c2ccc(Cl)cc2)C1. The molecule has 0 spiro atoms. The summed E-state index contributed by atoms with van der Waals surface area (Å²) in [5.41, 5.74) is 2.84. The molecule has 0 aliphatic carbocycles. The van der Waals surface area contributed by atoms with Crippen molar-refractivity contribution in [3.8, 4) is 0 Å². The number of nitrogens with zero attached hydrogens (tertiary/aromatic N) is 3. The monoisotopic (exact) mass is 537 g/mol. The van der Waals surface area contributed by atoms with E-state index >= 15 is 0 Å². The van der Waals surface area contributed by atoms with Gasteiger partial charge in [-0.25, -0.2) is 0 Å². The maximum Gasteiger partial charge on any atom is 0.227 e. The number of amides is 1. The minimum absolute atomic E-state index is 0.0609. The molecule has 0 saturated carbocycles. The second-order valence-corrected chi connectivity index (χ2v) is 9.58. The number of aromatic nitrogens is 1. The van der Waals surface area contributed by atoms with E-state index in [0.29, 0.717) is 41.1 Å². The predicted octanol–water partition coefficient (Wildman–Crippen LogP) is 6.44. The van der Waals surface area contributed by atoms with Crippen molar-refractivity contribution in [1.82, 2.24) is 9.88 Å². The topological polar surface area (TPSA) is 36.4 Å². The van der Waals surface area contributed by atoms with Crippen LogP contribution in [0.3, 0.4) is 0 Å². The molecule has 0 bridgehead atoms. The molecule has 1 aliphatic rings. The number of halogens is 4. The summed E-state index contributed by atoms with van der Waals surface area (Å²) >= 11 is 22.1. The van der Waals surface area contributed by atoms with E-state index in [9.17, 15) is 4.79 Å². The minimum Gasteiger partial charge on any atom is -0.360 e. The Labute approximate surface area is 204 Å². The van der Waals surface area contributed by atoms with E-state index < -0.39 is 0 Å². The molecule has 1 amide bonds. The van der Waals surface area contributed by atoms with E-state index in [1.807, 2.05) is 47.4 Å². The number of anilines is 1. The van der Waals surface area contributed by atoms with E-state index in [1.165, 1.54) is 0 Å². The molecule has 1 unspecified atom stereocenters. The third-order valence-corrected chi connectivity index (χ3v) is 6.55. The Bertz CT molecular complexity index is 1090. The van der Waals surface area contributed by atoms with Crippen LogP contribution < -0.4 is 4.90 Å². The number of rotatable bonds is 4. The van der Waals surface area contributed by atoms with Crippen LogP contribution in [0.15, 0.2) is 65.4 Å². The molecule has 1 aliphatic heterocycles. The fourth-order valence-corrected chi connectivity index (χ4v) is 4.88. The average molecular weight is 540 g/mol. The van der Waals surface area contributed by atoms with Gasteiger partial charge in [0.15, 0.2) is 0 Å². The smallest absolute Gasteiger partial charge is 0.227 e. The van der Waals surface area contributed by atoms with Crippen LogP contribution in [0.2, 0.25) is 15.1 Å². The van der Waals surface area contributed by atoms with E-state index in [0.717, 1.165) is 21.3 Å². The van der Waals surface area contributed by atoms with Crippen molar-refractivity contribution in [3.05, 3.63) is 91.6 Å². The van der Waals surface area contributed by atoms with Crippen LogP contribution in [0.25, 0.3) is 0 Å². The molecule has 8 heteroatoms. The molecule has 3 aromatic rings. The second-order valence-electron chi connectivity index (χ2n) is 7.38. The molecule has 1 atom stereocenters. The molecule has 160 valence electrons. The fourth-order valence-electron chi connectivity index (χ4n) is 3.82. The highest BCUT2D eigenvalue weighted by Crippen LogP contribution is 2.37. The largest absolute Gasteiger partial charge is 0.360 e. The number of hydrogen-bond donors (Lipinski definition) is 0. The summed E-state index contributed by atoms with van der Waals surface area (Å²) in [6.07, 6.45) is 3.74. The molecular weight excluding hydrogens is 521 g/mol. The third-order valence-electron chi connectivity index (χ3n) is 5.32. The van der Waals surface area contributed by atoms with Gasteiger partial charge in [0.2, 0.25) is 5.91 Å². The van der Waals surface area contributed by atoms with Crippen LogP contribution in [0, 0.1) is 0 Å². The average Bonchev–Trinajstić information content (AvgIpc) is 2.74. The molecule has 0 N–H and O–H groups in total. The molecule has 2 heterocycles. The van der Waals surface area contributed by atoms with Gasteiger partial charge in [0, 0.05) is 46.5 Å². The van der Waals surface area contributed by atoms with E-state index in [2.05, 4.69) is 25.8 Å². The van der Waals surface area contributed by atoms with Gasteiger partial charge in [-0.3, -0.25) is 9.78 Å². The van der Waals surface area contributed by atoms with Crippen molar-refractivity contribution in [2.45, 2.75) is 12.5 Å². The van der Waals surface area contributed by atoms with Crippen LogP contribution in [-0.2, 0) is 11.2 Å². The summed E-state index contributed by atoms with van der Waals surface area (Å²) in [5.74, 6) is 0.0701. The Morgan fingerprint density at radius 3 is 2.45 bits per heavy atom. The predicted molar refractivity (Wildman–Crippen MR) is 130 cm³/mol. The van der Waals surface area contributed by atoms with Crippen molar-refractivity contribution in [3.63, 3.8) is 0 Å². The Hall–Kier alpha value is -1.79. The minimum atomic E-state index is -0.0609. The standard InChI is InChI=1S/C23H19BrCl3N3O/c24-17-9-15(12-28-13-17)10-23(31)29-7-8-30(21-6-5-19(26)11-20(21)27)22(14-29)16-1-3-18(25)4-2-16/h1-6,9,11-13,22H,7-8,10,14H2. The Kier molecular flexibility index (Phi) is 7.07. The lowest BCUT2D eigenvalue weighted by molar-refractivity contribution is -0.131. The van der Waals surface area contributed by atoms with Crippen molar-refractivity contribution in [2.24, 2.45) is 0 Å². The van der Waals surface area contributed by atoms with E-state index in [4.69, 9.17) is 34.8 Å². The van der Waals surface area contributed by atoms with Gasteiger partial charge in [-0.2, -0.15) is 0 Å². The highest BCUT2D eigenvalue weighted by Gasteiger charge is 2.32. The first-order valence-corrected chi connectivity index (χ1v) is 11.7. The Morgan fingerprint density at radius 2 is 1.74 bits per heavy atom. The van der Waals surface area contributed by atoms with Crippen molar-refractivity contribution in [1.29, 1.82) is 0 Å². The summed E-state index contributed by atoms with van der Waals surface area (Å²) in [7, 11) is 0. The molecule has 1 fully saturated rings. The van der Waals surface area contributed by atoms with Gasteiger partial charge in [0.25, 0.3) is 0 Å². The molecule has 2 aromatic carbocycles. The molecule has 1 saturated heterocycles. The second kappa shape index (κ2) is 9.78. The summed E-state index contributed by atoms with van der Waals surface area (Å²) in [5, 5.41) is 1.85. The molecule has 1 aromatic heterocycles. The highest BCUT2D eigenvalue weighted by atomic mass is 79.9. The van der Waals surface area contributed by atoms with Gasteiger partial charge in [0.05, 0.1) is 23.2 Å². The lowest BCUT2D eigenvalue weighted by Gasteiger charge is -2.43. The van der Waals surface area contributed by atoms with E-state index in [-0.39, 0.29) is 11.9 Å². The van der Waals surface area contributed by atoms with Gasteiger partial charge in [-0.05, 0) is 63.5 Å². The lowest BCUT2D eigenvalue weighted by atomic mass is 10.0. The zero-order valence-corrected chi connectivity index (χ0v) is 20.3. The van der Waals surface area contributed by atoms with Crippen LogP contribution in [0.5, 0.6) is 0 Å². The lowest BCUT2D eigenvalue weighted by Crippen LogP contribution is -2.51. The van der Waals surface area contributed by atoms with Gasteiger partial charge >= 0.3 is 0 Å². The Morgan fingerprint density at radius 1 is 1.00 bits per heavy atom. The zero-order chi connectivity index (χ0) is 22.0. The van der Waals surface area contributed by atoms with Crippen LogP contribution in [0.1, 0.15) is 17.2 Å². The number of carbonyl (C=O) groups excluding carboxylic acids is 1. The quantitative estimate of drug-likeness (QED) is 0.383. The van der Waals surface area contributed by atoms with Gasteiger partial charge in [-0.15, -0.1) is 0 Å². The molecule has 0 radical (unpaired) electrons. The van der Waals surface area contributed by atoms with Gasteiger partial charge in [0.1, 0.15) is 0 Å². The Balaban J connectivity index is 1.60. The highest BCUT2D eigenvalue weighted by molar-refractivity contribution is 9.10. The number of piperazine rings is 1. The molecule has 4 nitrogen and oxygen atoms in total. The fraction of sp³-hybridized carbons (Fsp3) is 0.217. The van der Waals surface area contributed by atoms with Crippen molar-refractivity contribution < 1.29 is 4.79 Å².